The van der Waals surface area contributed by atoms with E-state index in [4.69, 9.17) is 4.74 Å². The molecule has 0 fully saturated rings. The lowest BCUT2D eigenvalue weighted by Crippen LogP contribution is -1.96. The van der Waals surface area contributed by atoms with Crippen LogP contribution in [0, 0.1) is 0 Å². The van der Waals surface area contributed by atoms with Crippen LogP contribution in [0.4, 0.5) is 0 Å². The fraction of sp³-hybridized carbons (Fsp3) is 0.625. The molecule has 0 spiro atoms. The third kappa shape index (κ3) is 13.5. The van der Waals surface area contributed by atoms with Gasteiger partial charge in [-0.2, -0.15) is 0 Å². The van der Waals surface area contributed by atoms with E-state index in [1.54, 1.807) is 0 Å². The van der Waals surface area contributed by atoms with E-state index in [0.29, 0.717) is 0 Å². The van der Waals surface area contributed by atoms with Gasteiger partial charge in [0.2, 0.25) is 0 Å². The number of ether oxygens (including phenoxy) is 1. The Morgan fingerprint density at radius 2 is 0.788 bits per heavy atom. The van der Waals surface area contributed by atoms with Crippen LogP contribution >= 0.6 is 0 Å². The van der Waals surface area contributed by atoms with Crippen molar-refractivity contribution in [2.75, 3.05) is 0 Å². The minimum atomic E-state index is 1.04. The standard InChI is InChI=1S/C30H46O.C2H6/c1-3-5-7-9-11-13-15-21-27-23-17-19-25-29(27)31-30-26-20-18-24-28(30)22-16-14-12-10-8-6-4-2;1-2/h17-20,23-26H,3-16,21-22H2,1-2H3;1-2H3. The zero-order valence-corrected chi connectivity index (χ0v) is 22.3. The van der Waals surface area contributed by atoms with Gasteiger partial charge in [0, 0.05) is 0 Å². The van der Waals surface area contributed by atoms with Crippen molar-refractivity contribution in [3.05, 3.63) is 59.7 Å². The van der Waals surface area contributed by atoms with Gasteiger partial charge >= 0.3 is 0 Å². The maximum Gasteiger partial charge on any atom is 0.130 e. The number of para-hydroxylation sites is 2. The Kier molecular flexibility index (Phi) is 18.5. The number of hydrogen-bond donors (Lipinski definition) is 0. The summed E-state index contributed by atoms with van der Waals surface area (Å²) in [6.45, 7) is 8.56. The average Bonchev–Trinajstić information content (AvgIpc) is 2.86. The Hall–Kier alpha value is -1.76. The minimum Gasteiger partial charge on any atom is -0.457 e. The van der Waals surface area contributed by atoms with Crippen molar-refractivity contribution in [1.29, 1.82) is 0 Å². The SMILES string of the molecule is CC.CCCCCCCCCc1ccccc1Oc1ccccc1CCCCCCCCC. The maximum atomic E-state index is 6.46. The molecule has 1 heteroatoms. The number of hydrogen-bond acceptors (Lipinski definition) is 1. The molecule has 0 radical (unpaired) electrons. The monoisotopic (exact) mass is 452 g/mol. The van der Waals surface area contributed by atoms with E-state index in [9.17, 15) is 0 Å². The lowest BCUT2D eigenvalue weighted by molar-refractivity contribution is 0.466. The average molecular weight is 453 g/mol. The van der Waals surface area contributed by atoms with Crippen LogP contribution in [0.3, 0.4) is 0 Å². The number of rotatable bonds is 18. The van der Waals surface area contributed by atoms with Gasteiger partial charge in [-0.25, -0.2) is 0 Å². The second-order valence-electron chi connectivity index (χ2n) is 9.06. The van der Waals surface area contributed by atoms with E-state index in [2.05, 4.69) is 62.4 Å². The molecule has 1 nitrogen and oxygen atoms in total. The molecule has 0 amide bonds. The summed E-state index contributed by atoms with van der Waals surface area (Å²) in [5, 5.41) is 0. The molecule has 0 aromatic heterocycles. The molecule has 2 aromatic rings. The highest BCUT2D eigenvalue weighted by Gasteiger charge is 2.08. The summed E-state index contributed by atoms with van der Waals surface area (Å²) in [7, 11) is 0. The van der Waals surface area contributed by atoms with Crippen molar-refractivity contribution in [2.24, 2.45) is 0 Å². The largest absolute Gasteiger partial charge is 0.457 e. The molecule has 0 aliphatic rings. The predicted octanol–water partition coefficient (Wildman–Crippen LogP) is 11.1. The first-order valence-corrected chi connectivity index (χ1v) is 14.2. The maximum absolute atomic E-state index is 6.46. The molecule has 0 atom stereocenters. The summed E-state index contributed by atoms with van der Waals surface area (Å²) in [6.07, 6.45) is 21.1. The van der Waals surface area contributed by atoms with E-state index >= 15 is 0 Å². The second-order valence-corrected chi connectivity index (χ2v) is 9.06. The van der Waals surface area contributed by atoms with Crippen LogP contribution in [-0.4, -0.2) is 0 Å². The highest BCUT2D eigenvalue weighted by Crippen LogP contribution is 2.30. The Morgan fingerprint density at radius 3 is 1.18 bits per heavy atom. The molecule has 0 aliphatic heterocycles. The highest BCUT2D eigenvalue weighted by atomic mass is 16.5. The van der Waals surface area contributed by atoms with E-state index in [1.807, 2.05) is 13.8 Å². The Balaban J connectivity index is 0.00000265. The lowest BCUT2D eigenvalue weighted by atomic mass is 10.0. The molecule has 0 saturated heterocycles. The van der Waals surface area contributed by atoms with Gasteiger partial charge in [0.25, 0.3) is 0 Å². The van der Waals surface area contributed by atoms with Gasteiger partial charge in [-0.3, -0.25) is 0 Å². The van der Waals surface area contributed by atoms with Crippen molar-refractivity contribution in [3.63, 3.8) is 0 Å². The summed E-state index contributed by atoms with van der Waals surface area (Å²) >= 11 is 0. The molecular formula is C32H52O. The Morgan fingerprint density at radius 1 is 0.455 bits per heavy atom. The number of unbranched alkanes of at least 4 members (excludes halogenated alkanes) is 12. The summed E-state index contributed by atoms with van der Waals surface area (Å²) < 4.78 is 6.46. The van der Waals surface area contributed by atoms with Gasteiger partial charge in [-0.15, -0.1) is 0 Å². The van der Waals surface area contributed by atoms with Gasteiger partial charge in [0.1, 0.15) is 11.5 Å². The van der Waals surface area contributed by atoms with Crippen LogP contribution in [0.2, 0.25) is 0 Å². The second kappa shape index (κ2) is 20.8. The van der Waals surface area contributed by atoms with Crippen molar-refractivity contribution in [3.8, 4) is 11.5 Å². The van der Waals surface area contributed by atoms with Gasteiger partial charge in [-0.1, -0.05) is 141 Å². The van der Waals surface area contributed by atoms with Crippen LogP contribution in [0.1, 0.15) is 129 Å². The zero-order chi connectivity index (χ0) is 24.0. The third-order valence-corrected chi connectivity index (χ3v) is 6.26. The summed E-state index contributed by atoms with van der Waals surface area (Å²) in [5.74, 6) is 2.08. The van der Waals surface area contributed by atoms with Crippen LogP contribution in [0.25, 0.3) is 0 Å². The molecule has 0 heterocycles. The number of aryl methyl sites for hydroxylation is 2. The van der Waals surface area contributed by atoms with Gasteiger partial charge < -0.3 is 4.74 Å². The fourth-order valence-electron chi connectivity index (χ4n) is 4.28. The van der Waals surface area contributed by atoms with Gasteiger partial charge in [0.05, 0.1) is 0 Å². The predicted molar refractivity (Wildman–Crippen MR) is 148 cm³/mol. The Bertz CT molecular complexity index is 631. The van der Waals surface area contributed by atoms with Crippen molar-refractivity contribution in [1.82, 2.24) is 0 Å². The van der Waals surface area contributed by atoms with Crippen LogP contribution < -0.4 is 4.74 Å². The fourth-order valence-corrected chi connectivity index (χ4v) is 4.28. The molecule has 2 rings (SSSR count). The molecule has 0 aliphatic carbocycles. The number of benzene rings is 2. The first-order valence-electron chi connectivity index (χ1n) is 14.2. The molecule has 186 valence electrons. The molecule has 2 aromatic carbocycles. The first-order chi connectivity index (χ1) is 16.3. The zero-order valence-electron chi connectivity index (χ0n) is 22.3. The minimum absolute atomic E-state index is 1.04. The van der Waals surface area contributed by atoms with Crippen molar-refractivity contribution in [2.45, 2.75) is 130 Å². The van der Waals surface area contributed by atoms with Gasteiger partial charge in [-0.05, 0) is 48.9 Å². The Labute approximate surface area is 206 Å². The molecule has 33 heavy (non-hydrogen) atoms. The van der Waals surface area contributed by atoms with Gasteiger partial charge in [0.15, 0.2) is 0 Å². The third-order valence-electron chi connectivity index (χ3n) is 6.26. The van der Waals surface area contributed by atoms with E-state index in [-0.39, 0.29) is 0 Å². The van der Waals surface area contributed by atoms with E-state index in [1.165, 1.54) is 101 Å². The summed E-state index contributed by atoms with van der Waals surface area (Å²) in [4.78, 5) is 0. The highest BCUT2D eigenvalue weighted by molar-refractivity contribution is 5.41. The quantitative estimate of drug-likeness (QED) is 0.204. The van der Waals surface area contributed by atoms with Crippen LogP contribution in [-0.2, 0) is 12.8 Å². The summed E-state index contributed by atoms with van der Waals surface area (Å²) in [6, 6.07) is 17.3. The first kappa shape index (κ1) is 29.3. The molecule has 0 unspecified atom stereocenters. The van der Waals surface area contributed by atoms with E-state index < -0.39 is 0 Å². The molecular weight excluding hydrogens is 400 g/mol. The lowest BCUT2D eigenvalue weighted by Gasteiger charge is -2.14. The van der Waals surface area contributed by atoms with Crippen LogP contribution in [0.5, 0.6) is 11.5 Å². The molecule has 0 N–H and O–H groups in total. The van der Waals surface area contributed by atoms with Crippen LogP contribution in [0.15, 0.2) is 48.5 Å². The molecule has 0 saturated carbocycles. The molecule has 0 bridgehead atoms. The van der Waals surface area contributed by atoms with E-state index in [0.717, 1.165) is 24.3 Å². The van der Waals surface area contributed by atoms with Crippen molar-refractivity contribution < 1.29 is 4.74 Å². The summed E-state index contributed by atoms with van der Waals surface area (Å²) in [5.41, 5.74) is 2.70. The topological polar surface area (TPSA) is 9.23 Å². The van der Waals surface area contributed by atoms with Crippen molar-refractivity contribution >= 4 is 0 Å². The normalized spacial score (nSPS) is 10.5. The smallest absolute Gasteiger partial charge is 0.130 e.